The van der Waals surface area contributed by atoms with Gasteiger partial charge in [0.25, 0.3) is 5.91 Å². The van der Waals surface area contributed by atoms with Gasteiger partial charge in [0.1, 0.15) is 16.5 Å². The molecule has 2 rings (SSSR count). The molecule has 5 heteroatoms. The highest BCUT2D eigenvalue weighted by Gasteiger charge is 2.24. The number of ether oxygens (including phenoxy) is 1. The van der Waals surface area contributed by atoms with Gasteiger partial charge >= 0.3 is 0 Å². The molecule has 15 heavy (non-hydrogen) atoms. The lowest BCUT2D eigenvalue weighted by Crippen LogP contribution is -2.13. The first kappa shape index (κ1) is 10.3. The number of hydrogen-bond acceptors (Lipinski definition) is 4. The summed E-state index contributed by atoms with van der Waals surface area (Å²) in [7, 11) is 0. The average molecular weight is 224 g/mol. The second-order valence-corrected chi connectivity index (χ2v) is 4.24. The monoisotopic (exact) mass is 224 g/mol. The number of aromatic nitrogens is 1. The Bertz CT molecular complexity index is 391. The van der Waals surface area contributed by atoms with Crippen LogP contribution in [0.1, 0.15) is 23.3 Å². The molecule has 1 aliphatic carbocycles. The molecule has 0 aliphatic heterocycles. The normalized spacial score (nSPS) is 15.0. The molecule has 0 aromatic carbocycles. The zero-order valence-corrected chi connectivity index (χ0v) is 9.21. The third-order valence-electron chi connectivity index (χ3n) is 2.06. The summed E-state index contributed by atoms with van der Waals surface area (Å²) in [6.45, 7) is 0. The van der Waals surface area contributed by atoms with Gasteiger partial charge in [0.2, 0.25) is 0 Å². The molecule has 1 aromatic rings. The van der Waals surface area contributed by atoms with Crippen LogP contribution in [0, 0.1) is 0 Å². The Morgan fingerprint density at radius 3 is 2.87 bits per heavy atom. The first-order valence-corrected chi connectivity index (χ1v) is 5.94. The van der Waals surface area contributed by atoms with E-state index in [1.165, 1.54) is 11.8 Å². The van der Waals surface area contributed by atoms with Crippen LogP contribution in [0.25, 0.3) is 0 Å². The molecule has 0 atom stereocenters. The third kappa shape index (κ3) is 2.62. The maximum absolute atomic E-state index is 11.0. The minimum Gasteiger partial charge on any atom is -0.490 e. The number of hydrogen-bond donors (Lipinski definition) is 1. The Morgan fingerprint density at radius 1 is 1.60 bits per heavy atom. The molecule has 80 valence electrons. The second-order valence-electron chi connectivity index (χ2n) is 3.41. The molecule has 1 saturated carbocycles. The van der Waals surface area contributed by atoms with E-state index >= 15 is 0 Å². The summed E-state index contributed by atoms with van der Waals surface area (Å²) in [6.07, 6.45) is 4.38. The van der Waals surface area contributed by atoms with Gasteiger partial charge in [0.15, 0.2) is 0 Å². The van der Waals surface area contributed by atoms with Gasteiger partial charge in [-0.15, -0.1) is 11.8 Å². The molecule has 1 heterocycles. The van der Waals surface area contributed by atoms with Gasteiger partial charge in [0, 0.05) is 12.1 Å². The Balaban J connectivity index is 2.27. The molecule has 0 radical (unpaired) electrons. The van der Waals surface area contributed by atoms with E-state index in [4.69, 9.17) is 10.5 Å². The van der Waals surface area contributed by atoms with Crippen molar-refractivity contribution in [2.24, 2.45) is 5.73 Å². The lowest BCUT2D eigenvalue weighted by Gasteiger charge is -2.07. The number of nitrogens with two attached hydrogens (primary N) is 1. The minimum atomic E-state index is -0.522. The second kappa shape index (κ2) is 4.10. The van der Waals surface area contributed by atoms with E-state index in [0.717, 1.165) is 17.9 Å². The van der Waals surface area contributed by atoms with Crippen LogP contribution in [-0.2, 0) is 0 Å². The Hall–Kier alpha value is -1.23. The molecule has 0 bridgehead atoms. The molecule has 1 aromatic heterocycles. The number of pyridine rings is 1. The highest BCUT2D eigenvalue weighted by molar-refractivity contribution is 7.98. The predicted molar refractivity (Wildman–Crippen MR) is 58.2 cm³/mol. The number of carbonyl (C=O) groups excluding carboxylic acids is 1. The van der Waals surface area contributed by atoms with Crippen molar-refractivity contribution in [1.82, 2.24) is 4.98 Å². The largest absolute Gasteiger partial charge is 0.490 e. The third-order valence-corrected chi connectivity index (χ3v) is 2.69. The molecule has 2 N–H and O–H groups in total. The van der Waals surface area contributed by atoms with Gasteiger partial charge in [-0.1, -0.05) is 0 Å². The number of primary amides is 1. The van der Waals surface area contributed by atoms with Crippen molar-refractivity contribution < 1.29 is 9.53 Å². The van der Waals surface area contributed by atoms with Crippen molar-refractivity contribution in [3.05, 3.63) is 17.8 Å². The van der Waals surface area contributed by atoms with E-state index in [1.54, 1.807) is 6.07 Å². The molecule has 0 saturated heterocycles. The van der Waals surface area contributed by atoms with Crippen LogP contribution >= 0.6 is 11.8 Å². The van der Waals surface area contributed by atoms with Gasteiger partial charge in [-0.25, -0.2) is 4.98 Å². The van der Waals surface area contributed by atoms with E-state index < -0.39 is 5.91 Å². The van der Waals surface area contributed by atoms with Crippen LogP contribution in [0.4, 0.5) is 0 Å². The fourth-order valence-electron chi connectivity index (χ4n) is 1.16. The Kier molecular flexibility index (Phi) is 2.81. The van der Waals surface area contributed by atoms with E-state index in [1.807, 2.05) is 12.3 Å². The quantitative estimate of drug-likeness (QED) is 0.786. The van der Waals surface area contributed by atoms with Crippen LogP contribution in [0.5, 0.6) is 5.75 Å². The standard InChI is InChI=1S/C10H12N2O2S/c1-15-9-5-7(14-6-2-3-6)4-8(12-9)10(11)13/h4-6H,2-3H2,1H3,(H2,11,13). The maximum atomic E-state index is 11.0. The summed E-state index contributed by atoms with van der Waals surface area (Å²) < 4.78 is 5.60. The fraction of sp³-hybridized carbons (Fsp3) is 0.400. The average Bonchev–Trinajstić information content (AvgIpc) is 3.01. The van der Waals surface area contributed by atoms with Gasteiger partial charge in [0.05, 0.1) is 6.10 Å². The molecule has 0 unspecified atom stereocenters. The zero-order chi connectivity index (χ0) is 10.8. The molecular weight excluding hydrogens is 212 g/mol. The van der Waals surface area contributed by atoms with Crippen molar-refractivity contribution in [2.45, 2.75) is 24.0 Å². The van der Waals surface area contributed by atoms with Gasteiger partial charge in [-0.05, 0) is 19.1 Å². The van der Waals surface area contributed by atoms with Crippen LogP contribution < -0.4 is 10.5 Å². The van der Waals surface area contributed by atoms with Crippen LogP contribution in [0.2, 0.25) is 0 Å². The van der Waals surface area contributed by atoms with Crippen LogP contribution in [0.3, 0.4) is 0 Å². The van der Waals surface area contributed by atoms with Gasteiger partial charge in [-0.3, -0.25) is 4.79 Å². The zero-order valence-electron chi connectivity index (χ0n) is 8.40. The molecule has 1 aliphatic rings. The van der Waals surface area contributed by atoms with Crippen molar-refractivity contribution >= 4 is 17.7 Å². The number of amides is 1. The van der Waals surface area contributed by atoms with Crippen LogP contribution in [0.15, 0.2) is 17.2 Å². The summed E-state index contributed by atoms with van der Waals surface area (Å²) in [6, 6.07) is 3.43. The van der Waals surface area contributed by atoms with Crippen molar-refractivity contribution in [1.29, 1.82) is 0 Å². The summed E-state index contributed by atoms with van der Waals surface area (Å²) in [5.41, 5.74) is 5.45. The number of carbonyl (C=O) groups is 1. The Morgan fingerprint density at radius 2 is 2.33 bits per heavy atom. The summed E-state index contributed by atoms with van der Waals surface area (Å²) in [5.74, 6) is 0.164. The van der Waals surface area contributed by atoms with Crippen LogP contribution in [-0.4, -0.2) is 23.3 Å². The highest BCUT2D eigenvalue weighted by Crippen LogP contribution is 2.28. The first-order chi connectivity index (χ1) is 7.19. The SMILES string of the molecule is CSc1cc(OC2CC2)cc(C(N)=O)n1. The lowest BCUT2D eigenvalue weighted by atomic mass is 10.3. The highest BCUT2D eigenvalue weighted by atomic mass is 32.2. The lowest BCUT2D eigenvalue weighted by molar-refractivity contribution is 0.0994. The molecule has 1 amide bonds. The predicted octanol–water partition coefficient (Wildman–Crippen LogP) is 1.44. The topological polar surface area (TPSA) is 65.2 Å². The molecule has 0 spiro atoms. The number of rotatable bonds is 4. The van der Waals surface area contributed by atoms with E-state index in [9.17, 15) is 4.79 Å². The van der Waals surface area contributed by atoms with Crippen molar-refractivity contribution in [2.75, 3.05) is 6.26 Å². The van der Waals surface area contributed by atoms with E-state index in [-0.39, 0.29) is 5.69 Å². The molecule has 1 fully saturated rings. The summed E-state index contributed by atoms with van der Waals surface area (Å²) >= 11 is 1.46. The summed E-state index contributed by atoms with van der Waals surface area (Å²) in [4.78, 5) is 15.1. The minimum absolute atomic E-state index is 0.262. The first-order valence-electron chi connectivity index (χ1n) is 4.71. The maximum Gasteiger partial charge on any atom is 0.267 e. The Labute approximate surface area is 92.2 Å². The van der Waals surface area contributed by atoms with E-state index in [2.05, 4.69) is 4.98 Å². The molecule has 4 nitrogen and oxygen atoms in total. The number of nitrogens with zero attached hydrogens (tertiary/aromatic N) is 1. The smallest absolute Gasteiger partial charge is 0.267 e. The fourth-order valence-corrected chi connectivity index (χ4v) is 1.58. The van der Waals surface area contributed by atoms with Crippen molar-refractivity contribution in [3.63, 3.8) is 0 Å². The number of thioether (sulfide) groups is 1. The summed E-state index contributed by atoms with van der Waals surface area (Å²) in [5, 5.41) is 0.752. The molecular formula is C10H12N2O2S. The van der Waals surface area contributed by atoms with E-state index in [0.29, 0.717) is 11.9 Å². The van der Waals surface area contributed by atoms with Gasteiger partial charge in [-0.2, -0.15) is 0 Å². The van der Waals surface area contributed by atoms with Crippen molar-refractivity contribution in [3.8, 4) is 5.75 Å². The van der Waals surface area contributed by atoms with Gasteiger partial charge < -0.3 is 10.5 Å².